The van der Waals surface area contributed by atoms with Crippen LogP contribution < -0.4 is 4.72 Å². The van der Waals surface area contributed by atoms with E-state index in [0.717, 1.165) is 6.20 Å². The summed E-state index contributed by atoms with van der Waals surface area (Å²) in [5, 5.41) is 29.8. The van der Waals surface area contributed by atoms with Crippen molar-refractivity contribution in [1.29, 1.82) is 0 Å². The summed E-state index contributed by atoms with van der Waals surface area (Å²) in [5.74, 6) is -1.01. The Morgan fingerprint density at radius 1 is 1.53 bits per heavy atom. The first-order valence-electron chi connectivity index (χ1n) is 5.38. The zero-order valence-corrected chi connectivity index (χ0v) is 10.7. The molecule has 0 saturated carbocycles. The fraction of sp³-hybridized carbons (Fsp3) is 0.556. The van der Waals surface area contributed by atoms with E-state index in [4.69, 9.17) is 15.3 Å². The number of rotatable bonds is 8. The van der Waals surface area contributed by atoms with E-state index < -0.39 is 28.7 Å². The molecule has 1 aromatic rings. The summed E-state index contributed by atoms with van der Waals surface area (Å²) in [6.07, 6.45) is 0.918. The molecule has 0 radical (unpaired) electrons. The minimum Gasteiger partial charge on any atom is -0.481 e. The normalized spacial score (nSPS) is 13.4. The van der Waals surface area contributed by atoms with Gasteiger partial charge in [-0.1, -0.05) is 0 Å². The summed E-state index contributed by atoms with van der Waals surface area (Å²) in [6, 6.07) is 0. The molecule has 108 valence electrons. The highest BCUT2D eigenvalue weighted by Crippen LogP contribution is 2.07. The van der Waals surface area contributed by atoms with Gasteiger partial charge in [0.05, 0.1) is 31.9 Å². The average Bonchev–Trinajstić information content (AvgIpc) is 2.83. The molecule has 1 atom stereocenters. The Kier molecular flexibility index (Phi) is 5.42. The van der Waals surface area contributed by atoms with Gasteiger partial charge in [0.1, 0.15) is 4.90 Å². The van der Waals surface area contributed by atoms with Gasteiger partial charge in [0.2, 0.25) is 10.0 Å². The maximum absolute atomic E-state index is 11.7. The van der Waals surface area contributed by atoms with Crippen LogP contribution in [-0.4, -0.2) is 58.7 Å². The van der Waals surface area contributed by atoms with Crippen LogP contribution in [0.3, 0.4) is 0 Å². The number of aliphatic hydroxyl groups is 2. The summed E-state index contributed by atoms with van der Waals surface area (Å²) in [4.78, 5) is 10.2. The number of sulfonamides is 1. The number of hydrogen-bond acceptors (Lipinski definition) is 6. The number of aliphatic hydroxyl groups excluding tert-OH is 2. The summed E-state index contributed by atoms with van der Waals surface area (Å²) >= 11 is 0. The lowest BCUT2D eigenvalue weighted by molar-refractivity contribution is -0.137. The van der Waals surface area contributed by atoms with E-state index in [1.807, 2.05) is 0 Å². The Labute approximate surface area is 109 Å². The minimum atomic E-state index is -3.84. The van der Waals surface area contributed by atoms with Crippen molar-refractivity contribution in [3.8, 4) is 0 Å². The molecule has 0 saturated heterocycles. The van der Waals surface area contributed by atoms with Gasteiger partial charge in [-0.05, 0) is 0 Å². The Balaban J connectivity index is 2.66. The second kappa shape index (κ2) is 6.61. The van der Waals surface area contributed by atoms with Crippen LogP contribution in [-0.2, 0) is 21.4 Å². The Morgan fingerprint density at radius 3 is 2.79 bits per heavy atom. The van der Waals surface area contributed by atoms with Crippen molar-refractivity contribution in [2.45, 2.75) is 24.0 Å². The number of carboxylic acids is 1. The predicted molar refractivity (Wildman–Crippen MR) is 62.8 cm³/mol. The van der Waals surface area contributed by atoms with Crippen LogP contribution in [0.5, 0.6) is 0 Å². The van der Waals surface area contributed by atoms with E-state index in [1.54, 1.807) is 0 Å². The SMILES string of the molecule is O=C(O)CCn1cc(S(=O)(=O)NCC(O)CO)cn1. The van der Waals surface area contributed by atoms with Crippen LogP contribution in [0.4, 0.5) is 0 Å². The van der Waals surface area contributed by atoms with Crippen molar-refractivity contribution in [1.82, 2.24) is 14.5 Å². The highest BCUT2D eigenvalue weighted by Gasteiger charge is 2.17. The number of carboxylic acid groups (broad SMARTS) is 1. The van der Waals surface area contributed by atoms with E-state index in [9.17, 15) is 13.2 Å². The minimum absolute atomic E-state index is 0.0596. The molecular formula is C9H15N3O6S. The third-order valence-corrected chi connectivity index (χ3v) is 3.57. The third-order valence-electron chi connectivity index (χ3n) is 2.19. The topological polar surface area (TPSA) is 142 Å². The number of nitrogens with one attached hydrogen (secondary N) is 1. The van der Waals surface area contributed by atoms with Crippen LogP contribution in [0.2, 0.25) is 0 Å². The Bertz CT molecular complexity index is 526. The fourth-order valence-corrected chi connectivity index (χ4v) is 2.19. The van der Waals surface area contributed by atoms with Crippen molar-refractivity contribution in [3.05, 3.63) is 12.4 Å². The van der Waals surface area contributed by atoms with Gasteiger partial charge in [0.25, 0.3) is 0 Å². The van der Waals surface area contributed by atoms with Crippen molar-refractivity contribution in [2.75, 3.05) is 13.2 Å². The van der Waals surface area contributed by atoms with Crippen molar-refractivity contribution in [3.63, 3.8) is 0 Å². The molecule has 10 heteroatoms. The number of aryl methyl sites for hydroxylation is 1. The van der Waals surface area contributed by atoms with Gasteiger partial charge in [0.15, 0.2) is 0 Å². The van der Waals surface area contributed by atoms with Crippen LogP contribution in [0.25, 0.3) is 0 Å². The quantitative estimate of drug-likeness (QED) is 0.434. The van der Waals surface area contributed by atoms with E-state index in [0.29, 0.717) is 0 Å². The molecule has 19 heavy (non-hydrogen) atoms. The Hall–Kier alpha value is -1.49. The summed E-state index contributed by atoms with van der Waals surface area (Å²) < 4.78 is 26.8. The predicted octanol–water partition coefficient (Wildman–Crippen LogP) is -2.01. The molecule has 0 aliphatic carbocycles. The lowest BCUT2D eigenvalue weighted by Crippen LogP contribution is -2.33. The molecule has 4 N–H and O–H groups in total. The van der Waals surface area contributed by atoms with Crippen LogP contribution >= 0.6 is 0 Å². The lowest BCUT2D eigenvalue weighted by Gasteiger charge is -2.08. The molecule has 1 aromatic heterocycles. The third kappa shape index (κ3) is 4.95. The maximum Gasteiger partial charge on any atom is 0.305 e. The van der Waals surface area contributed by atoms with E-state index >= 15 is 0 Å². The van der Waals surface area contributed by atoms with Crippen LogP contribution in [0.1, 0.15) is 6.42 Å². The zero-order valence-electron chi connectivity index (χ0n) is 9.93. The van der Waals surface area contributed by atoms with Gasteiger partial charge in [-0.2, -0.15) is 5.10 Å². The van der Waals surface area contributed by atoms with Crippen LogP contribution in [0.15, 0.2) is 17.3 Å². The molecule has 0 fully saturated rings. The standard InChI is InChI=1S/C9H15N3O6S/c13-6-7(14)3-11-19(17,18)8-4-10-12(5-8)2-1-9(15)16/h4-5,7,11,13-14H,1-3,6H2,(H,15,16). The molecule has 0 spiro atoms. The highest BCUT2D eigenvalue weighted by molar-refractivity contribution is 7.89. The number of aliphatic carboxylic acids is 1. The van der Waals surface area contributed by atoms with E-state index in [2.05, 4.69) is 9.82 Å². The molecule has 1 heterocycles. The smallest absolute Gasteiger partial charge is 0.305 e. The molecular weight excluding hydrogens is 278 g/mol. The van der Waals surface area contributed by atoms with Gasteiger partial charge < -0.3 is 15.3 Å². The molecule has 0 aliphatic rings. The first-order valence-corrected chi connectivity index (χ1v) is 6.86. The molecule has 0 aromatic carbocycles. The summed E-state index contributed by atoms with van der Waals surface area (Å²) in [7, 11) is -3.84. The lowest BCUT2D eigenvalue weighted by atomic mass is 10.4. The number of hydrogen-bond donors (Lipinski definition) is 4. The zero-order chi connectivity index (χ0) is 14.5. The number of nitrogens with zero attached hydrogens (tertiary/aromatic N) is 2. The van der Waals surface area contributed by atoms with Gasteiger partial charge in [-0.3, -0.25) is 9.48 Å². The first kappa shape index (κ1) is 15.6. The summed E-state index contributed by atoms with van der Waals surface area (Å²) in [6.45, 7) is -0.816. The molecule has 1 unspecified atom stereocenters. The second-order valence-electron chi connectivity index (χ2n) is 3.77. The monoisotopic (exact) mass is 293 g/mol. The molecule has 0 aliphatic heterocycles. The van der Waals surface area contributed by atoms with Crippen molar-refractivity contribution < 1.29 is 28.5 Å². The van der Waals surface area contributed by atoms with Gasteiger partial charge in [-0.25, -0.2) is 13.1 Å². The molecule has 0 amide bonds. The number of carbonyl (C=O) groups is 1. The largest absolute Gasteiger partial charge is 0.481 e. The highest BCUT2D eigenvalue weighted by atomic mass is 32.2. The molecule has 0 bridgehead atoms. The maximum atomic E-state index is 11.7. The second-order valence-corrected chi connectivity index (χ2v) is 5.54. The van der Waals surface area contributed by atoms with E-state index in [-0.39, 0.29) is 24.4 Å². The van der Waals surface area contributed by atoms with Crippen molar-refractivity contribution >= 4 is 16.0 Å². The van der Waals surface area contributed by atoms with Gasteiger partial charge >= 0.3 is 5.97 Å². The van der Waals surface area contributed by atoms with Gasteiger partial charge in [0, 0.05) is 12.7 Å². The molecule has 9 nitrogen and oxygen atoms in total. The molecule has 1 rings (SSSR count). The van der Waals surface area contributed by atoms with E-state index in [1.165, 1.54) is 10.9 Å². The summed E-state index contributed by atoms with van der Waals surface area (Å²) in [5.41, 5.74) is 0. The first-order chi connectivity index (χ1) is 8.85. The Morgan fingerprint density at radius 2 is 2.21 bits per heavy atom. The fourth-order valence-electron chi connectivity index (χ4n) is 1.17. The number of aromatic nitrogens is 2. The van der Waals surface area contributed by atoms with Crippen LogP contribution in [0, 0.1) is 0 Å². The average molecular weight is 293 g/mol. The van der Waals surface area contributed by atoms with Gasteiger partial charge in [-0.15, -0.1) is 0 Å². The van der Waals surface area contributed by atoms with Crippen molar-refractivity contribution in [2.24, 2.45) is 0 Å².